The van der Waals surface area contributed by atoms with E-state index in [4.69, 9.17) is 4.74 Å². The largest absolute Gasteiger partial charge is 0.444 e. The number of amides is 1. The van der Waals surface area contributed by atoms with Crippen molar-refractivity contribution in [3.05, 3.63) is 23.9 Å². The van der Waals surface area contributed by atoms with Crippen molar-refractivity contribution in [3.8, 4) is 0 Å². The number of carbonyl (C=O) groups excluding carboxylic acids is 2. The van der Waals surface area contributed by atoms with Crippen molar-refractivity contribution in [2.45, 2.75) is 79.2 Å². The SMILES string of the molecule is C=C(/C(=C\N=C(C)CCCC)C(C)=O)C1CCN(C(=O)OC(C)(C)C)CC1. The van der Waals surface area contributed by atoms with Crippen LogP contribution in [-0.2, 0) is 9.53 Å². The molecule has 0 atom stereocenters. The Balaban J connectivity index is 2.72. The van der Waals surface area contributed by atoms with E-state index < -0.39 is 5.60 Å². The van der Waals surface area contributed by atoms with E-state index in [1.807, 2.05) is 27.7 Å². The second-order valence-corrected chi connectivity index (χ2v) is 8.33. The number of piperidine rings is 1. The summed E-state index contributed by atoms with van der Waals surface area (Å²) in [6.07, 6.45) is 6.13. The van der Waals surface area contributed by atoms with Crippen LogP contribution in [0.3, 0.4) is 0 Å². The van der Waals surface area contributed by atoms with Gasteiger partial charge in [0.2, 0.25) is 0 Å². The number of likely N-dealkylation sites (tertiary alicyclic amines) is 1. The molecule has 152 valence electrons. The van der Waals surface area contributed by atoms with Crippen LogP contribution >= 0.6 is 0 Å². The average molecular weight is 377 g/mol. The summed E-state index contributed by atoms with van der Waals surface area (Å²) in [6, 6.07) is 0. The first kappa shape index (κ1) is 23.1. The number of carbonyl (C=O) groups is 2. The zero-order chi connectivity index (χ0) is 20.6. The highest BCUT2D eigenvalue weighted by Gasteiger charge is 2.29. The molecule has 0 aromatic heterocycles. The van der Waals surface area contributed by atoms with Crippen molar-refractivity contribution in [1.82, 2.24) is 4.90 Å². The van der Waals surface area contributed by atoms with Gasteiger partial charge in [-0.3, -0.25) is 9.79 Å². The lowest BCUT2D eigenvalue weighted by Crippen LogP contribution is -2.42. The highest BCUT2D eigenvalue weighted by atomic mass is 16.6. The monoisotopic (exact) mass is 376 g/mol. The minimum absolute atomic E-state index is 0.0124. The maximum absolute atomic E-state index is 12.2. The zero-order valence-corrected chi connectivity index (χ0v) is 17.9. The molecular weight excluding hydrogens is 340 g/mol. The summed E-state index contributed by atoms with van der Waals surface area (Å²) in [6.45, 7) is 16.7. The summed E-state index contributed by atoms with van der Waals surface area (Å²) >= 11 is 0. The van der Waals surface area contributed by atoms with Crippen molar-refractivity contribution in [1.29, 1.82) is 0 Å². The Morgan fingerprint density at radius 2 is 1.81 bits per heavy atom. The number of ketones is 1. The summed E-state index contributed by atoms with van der Waals surface area (Å²) < 4.78 is 5.44. The van der Waals surface area contributed by atoms with Crippen molar-refractivity contribution in [2.24, 2.45) is 10.9 Å². The number of unbranched alkanes of at least 4 members (excludes halogenated alkanes) is 1. The Kier molecular flexibility index (Phi) is 8.94. The summed E-state index contributed by atoms with van der Waals surface area (Å²) in [7, 11) is 0. The number of allylic oxidation sites excluding steroid dienone is 2. The van der Waals surface area contributed by atoms with Gasteiger partial charge >= 0.3 is 6.09 Å². The Morgan fingerprint density at radius 3 is 2.30 bits per heavy atom. The molecule has 5 heteroatoms. The molecule has 0 unspecified atom stereocenters. The van der Waals surface area contributed by atoms with E-state index in [1.54, 1.807) is 18.0 Å². The molecule has 5 nitrogen and oxygen atoms in total. The zero-order valence-electron chi connectivity index (χ0n) is 17.9. The second kappa shape index (κ2) is 10.4. The number of Topliss-reactive ketones (excluding diaryl/α,β-unsaturated/α-hetero) is 1. The Labute approximate surface area is 164 Å². The number of nitrogens with zero attached hydrogens (tertiary/aromatic N) is 2. The molecule has 1 rings (SSSR count). The van der Waals surface area contributed by atoms with E-state index in [1.165, 1.54) is 0 Å². The van der Waals surface area contributed by atoms with E-state index >= 15 is 0 Å². The number of hydrogen-bond donors (Lipinski definition) is 0. The van der Waals surface area contributed by atoms with Crippen molar-refractivity contribution in [3.63, 3.8) is 0 Å². The molecule has 1 aliphatic heterocycles. The third-order valence-electron chi connectivity index (χ3n) is 4.67. The van der Waals surface area contributed by atoms with Gasteiger partial charge in [-0.15, -0.1) is 0 Å². The molecule has 1 aliphatic rings. The standard InChI is InChI=1S/C22H36N2O3/c1-8-9-10-16(2)23-15-20(18(4)25)17(3)19-11-13-24(14-12-19)21(26)27-22(5,6)7/h15,19H,3,8-14H2,1-2,4-7H3/b20-15+,23-16?. The molecule has 27 heavy (non-hydrogen) atoms. The van der Waals surface area contributed by atoms with Gasteiger partial charge in [0.05, 0.1) is 0 Å². The predicted octanol–water partition coefficient (Wildman–Crippen LogP) is 5.31. The second-order valence-electron chi connectivity index (χ2n) is 8.33. The first-order valence-corrected chi connectivity index (χ1v) is 9.96. The normalized spacial score (nSPS) is 17.0. The van der Waals surface area contributed by atoms with Gasteiger partial charge in [-0.2, -0.15) is 0 Å². The van der Waals surface area contributed by atoms with Gasteiger partial charge in [0, 0.05) is 30.6 Å². The fraction of sp³-hybridized carbons (Fsp3) is 0.682. The van der Waals surface area contributed by atoms with Crippen LogP contribution in [0.4, 0.5) is 4.79 Å². The average Bonchev–Trinajstić information content (AvgIpc) is 2.58. The fourth-order valence-corrected chi connectivity index (χ4v) is 3.03. The third-order valence-corrected chi connectivity index (χ3v) is 4.67. The van der Waals surface area contributed by atoms with Crippen molar-refractivity contribution < 1.29 is 14.3 Å². The minimum atomic E-state index is -0.490. The van der Waals surface area contributed by atoms with Crippen LogP contribution in [0.1, 0.15) is 73.6 Å². The van der Waals surface area contributed by atoms with E-state index in [-0.39, 0.29) is 17.8 Å². The van der Waals surface area contributed by atoms with E-state index in [0.717, 1.165) is 43.4 Å². The number of rotatable bonds is 7. The molecule has 0 bridgehead atoms. The van der Waals surface area contributed by atoms with Crippen molar-refractivity contribution in [2.75, 3.05) is 13.1 Å². The molecule has 0 aromatic carbocycles. The van der Waals surface area contributed by atoms with Crippen LogP contribution in [0, 0.1) is 5.92 Å². The van der Waals surface area contributed by atoms with Gasteiger partial charge in [-0.1, -0.05) is 19.9 Å². The van der Waals surface area contributed by atoms with Crippen molar-refractivity contribution >= 4 is 17.6 Å². The molecule has 0 saturated carbocycles. The molecule has 0 aromatic rings. The maximum atomic E-state index is 12.2. The molecule has 1 fully saturated rings. The molecule has 1 amide bonds. The van der Waals surface area contributed by atoms with Gasteiger partial charge in [0.25, 0.3) is 0 Å². The molecule has 0 aliphatic carbocycles. The lowest BCUT2D eigenvalue weighted by atomic mass is 9.85. The van der Waals surface area contributed by atoms with E-state index in [0.29, 0.717) is 18.7 Å². The van der Waals surface area contributed by atoms with Crippen LogP contribution in [0.5, 0.6) is 0 Å². The minimum Gasteiger partial charge on any atom is -0.444 e. The Bertz CT molecular complexity index is 604. The summed E-state index contributed by atoms with van der Waals surface area (Å²) in [5, 5.41) is 0. The number of hydrogen-bond acceptors (Lipinski definition) is 4. The van der Waals surface area contributed by atoms with Crippen LogP contribution in [0.2, 0.25) is 0 Å². The highest BCUT2D eigenvalue weighted by molar-refractivity contribution is 5.98. The van der Waals surface area contributed by atoms with Crippen LogP contribution in [0.25, 0.3) is 0 Å². The molecule has 1 heterocycles. The predicted molar refractivity (Wildman–Crippen MR) is 111 cm³/mol. The van der Waals surface area contributed by atoms with Gasteiger partial charge in [0.1, 0.15) is 5.60 Å². The van der Waals surface area contributed by atoms with Crippen LogP contribution in [-0.4, -0.2) is 41.2 Å². The summed E-state index contributed by atoms with van der Waals surface area (Å²) in [4.78, 5) is 30.5. The van der Waals surface area contributed by atoms with Crippen LogP contribution in [0.15, 0.2) is 28.9 Å². The lowest BCUT2D eigenvalue weighted by Gasteiger charge is -2.34. The molecule has 0 N–H and O–H groups in total. The first-order valence-electron chi connectivity index (χ1n) is 9.96. The van der Waals surface area contributed by atoms with Crippen LogP contribution < -0.4 is 0 Å². The molecule has 0 radical (unpaired) electrons. The van der Waals surface area contributed by atoms with Gasteiger partial charge in [-0.25, -0.2) is 4.79 Å². The molecule has 0 spiro atoms. The fourth-order valence-electron chi connectivity index (χ4n) is 3.03. The summed E-state index contributed by atoms with van der Waals surface area (Å²) in [5.74, 6) is 0.173. The van der Waals surface area contributed by atoms with Gasteiger partial charge < -0.3 is 9.64 Å². The van der Waals surface area contributed by atoms with E-state index in [9.17, 15) is 9.59 Å². The van der Waals surface area contributed by atoms with Gasteiger partial charge in [0.15, 0.2) is 5.78 Å². The van der Waals surface area contributed by atoms with E-state index in [2.05, 4.69) is 18.5 Å². The first-order chi connectivity index (χ1) is 12.5. The Hall–Kier alpha value is -1.91. The number of aliphatic imine (C=N–C) groups is 1. The molecule has 1 saturated heterocycles. The quantitative estimate of drug-likeness (QED) is 0.343. The Morgan fingerprint density at radius 1 is 1.22 bits per heavy atom. The van der Waals surface area contributed by atoms with Gasteiger partial charge in [-0.05, 0) is 71.8 Å². The smallest absolute Gasteiger partial charge is 0.410 e. The lowest BCUT2D eigenvalue weighted by molar-refractivity contribution is -0.113. The summed E-state index contributed by atoms with van der Waals surface area (Å²) in [5.41, 5.74) is 1.97. The third kappa shape index (κ3) is 8.10. The molecular formula is C22H36N2O3. The topological polar surface area (TPSA) is 59.0 Å². The maximum Gasteiger partial charge on any atom is 0.410 e. The highest BCUT2D eigenvalue weighted by Crippen LogP contribution is 2.29. The number of ether oxygens (including phenoxy) is 1.